The van der Waals surface area contributed by atoms with Gasteiger partial charge in [-0.15, -0.1) is 6.58 Å². The Balaban J connectivity index is 1.98. The predicted molar refractivity (Wildman–Crippen MR) is 82.4 cm³/mol. The van der Waals surface area contributed by atoms with Crippen molar-refractivity contribution in [1.29, 1.82) is 0 Å². The van der Waals surface area contributed by atoms with Gasteiger partial charge < -0.3 is 10.3 Å². The first kappa shape index (κ1) is 13.9. The smallest absolute Gasteiger partial charge is 0.290 e. The number of aliphatic hydroxyl groups excluding tert-OH is 1. The highest BCUT2D eigenvalue weighted by Gasteiger charge is 2.42. The average Bonchev–Trinajstić information content (AvgIpc) is 2.93. The summed E-state index contributed by atoms with van der Waals surface area (Å²) in [4.78, 5) is 6.22. The molecular formula is C13H14ClN3O2S. The Bertz CT molecular complexity index is 662. The number of aromatic nitrogens is 1. The highest BCUT2D eigenvalue weighted by Crippen LogP contribution is 2.37. The van der Waals surface area contributed by atoms with Crippen LogP contribution in [0, 0.1) is 5.21 Å². The number of thiazole rings is 1. The Morgan fingerprint density at radius 3 is 3.20 bits per heavy atom. The summed E-state index contributed by atoms with van der Waals surface area (Å²) in [5.41, 5.74) is 0.733. The number of aliphatic hydroxyl groups is 1. The number of hydroxylamine groups is 2. The Morgan fingerprint density at radius 1 is 1.65 bits per heavy atom. The van der Waals surface area contributed by atoms with E-state index in [4.69, 9.17) is 11.6 Å². The molecular weight excluding hydrogens is 298 g/mol. The Morgan fingerprint density at radius 2 is 2.45 bits per heavy atom. The number of nitrogens with zero attached hydrogens (tertiary/aromatic N) is 3. The second kappa shape index (κ2) is 5.07. The van der Waals surface area contributed by atoms with E-state index in [0.29, 0.717) is 23.2 Å². The molecule has 2 heterocycles. The number of rotatable bonds is 3. The van der Waals surface area contributed by atoms with Crippen molar-refractivity contribution in [3.8, 4) is 0 Å². The van der Waals surface area contributed by atoms with E-state index < -0.39 is 10.9 Å². The number of hydrogen-bond donors (Lipinski definition) is 1. The van der Waals surface area contributed by atoms with Crippen LogP contribution in [-0.4, -0.2) is 41.0 Å². The zero-order valence-electron chi connectivity index (χ0n) is 10.7. The zero-order valence-corrected chi connectivity index (χ0v) is 12.3. The van der Waals surface area contributed by atoms with Crippen molar-refractivity contribution in [3.05, 3.63) is 41.1 Å². The second-order valence-electron chi connectivity index (χ2n) is 4.85. The summed E-state index contributed by atoms with van der Waals surface area (Å²) in [6, 6.07) is 5.31. The summed E-state index contributed by atoms with van der Waals surface area (Å²) in [7, 11) is 0. The highest BCUT2D eigenvalue weighted by atomic mass is 35.5. The first-order valence-corrected chi connectivity index (χ1v) is 7.39. The second-order valence-corrected chi connectivity index (χ2v) is 6.30. The first-order chi connectivity index (χ1) is 9.53. The summed E-state index contributed by atoms with van der Waals surface area (Å²) in [6.07, 6.45) is 0.700. The molecule has 0 bridgehead atoms. The van der Waals surface area contributed by atoms with Crippen LogP contribution in [-0.2, 0) is 0 Å². The fourth-order valence-corrected chi connectivity index (χ4v) is 3.68. The van der Waals surface area contributed by atoms with Crippen LogP contribution >= 0.6 is 22.9 Å². The largest absolute Gasteiger partial charge is 0.623 e. The minimum Gasteiger partial charge on any atom is -0.623 e. The minimum atomic E-state index is -1.02. The predicted octanol–water partition coefficient (Wildman–Crippen LogP) is 2.53. The lowest BCUT2D eigenvalue weighted by Crippen LogP contribution is -2.48. The Kier molecular flexibility index (Phi) is 3.53. The Labute approximate surface area is 125 Å². The van der Waals surface area contributed by atoms with Gasteiger partial charge in [0, 0.05) is 11.6 Å². The van der Waals surface area contributed by atoms with Crippen molar-refractivity contribution >= 4 is 38.3 Å². The van der Waals surface area contributed by atoms with Gasteiger partial charge in [-0.2, -0.15) is 4.98 Å². The Hall–Kier alpha value is -1.02. The van der Waals surface area contributed by atoms with Crippen molar-refractivity contribution in [2.45, 2.75) is 6.23 Å². The van der Waals surface area contributed by atoms with Crippen molar-refractivity contribution in [3.63, 3.8) is 0 Å². The highest BCUT2D eigenvalue weighted by molar-refractivity contribution is 7.22. The number of benzene rings is 1. The van der Waals surface area contributed by atoms with Crippen LogP contribution < -0.4 is 4.65 Å². The minimum absolute atomic E-state index is 0.181. The molecule has 0 saturated carbocycles. The maximum Gasteiger partial charge on any atom is 0.290 e. The number of β-amino-alcohol motifs (C(OH)–C–C–N with tert-alkyl or cyclic N) is 1. The molecule has 2 unspecified atom stereocenters. The van der Waals surface area contributed by atoms with Gasteiger partial charge in [0.25, 0.3) is 5.13 Å². The van der Waals surface area contributed by atoms with Crippen molar-refractivity contribution < 1.29 is 5.11 Å². The van der Waals surface area contributed by atoms with E-state index in [1.54, 1.807) is 24.3 Å². The van der Waals surface area contributed by atoms with Gasteiger partial charge in [0.05, 0.1) is 16.8 Å². The van der Waals surface area contributed by atoms with Crippen LogP contribution in [0.4, 0.5) is 5.13 Å². The van der Waals surface area contributed by atoms with Gasteiger partial charge in [-0.25, -0.2) is 4.90 Å². The van der Waals surface area contributed by atoms with E-state index in [9.17, 15) is 10.3 Å². The van der Waals surface area contributed by atoms with E-state index in [1.807, 2.05) is 4.90 Å². The summed E-state index contributed by atoms with van der Waals surface area (Å²) < 4.78 is 0.0281. The summed E-state index contributed by atoms with van der Waals surface area (Å²) in [6.45, 7) is 4.74. The molecule has 0 spiro atoms. The molecule has 1 aliphatic rings. The third kappa shape index (κ3) is 2.24. The summed E-state index contributed by atoms with van der Waals surface area (Å²) in [5.74, 6) is 0. The molecule has 5 nitrogen and oxygen atoms in total. The van der Waals surface area contributed by atoms with E-state index >= 15 is 0 Å². The van der Waals surface area contributed by atoms with E-state index in [-0.39, 0.29) is 6.67 Å². The molecule has 0 radical (unpaired) electrons. The fourth-order valence-electron chi connectivity index (χ4n) is 2.36. The topological polar surface area (TPSA) is 59.4 Å². The zero-order chi connectivity index (χ0) is 14.3. The van der Waals surface area contributed by atoms with Gasteiger partial charge in [0.2, 0.25) is 6.23 Å². The summed E-state index contributed by atoms with van der Waals surface area (Å²) >= 11 is 7.23. The molecule has 0 aliphatic carbocycles. The van der Waals surface area contributed by atoms with Gasteiger partial charge in [-0.05, 0) is 18.2 Å². The van der Waals surface area contributed by atoms with Crippen LogP contribution in [0.25, 0.3) is 10.2 Å². The number of fused-ring (bicyclic) bond motifs is 1. The van der Waals surface area contributed by atoms with Crippen LogP contribution in [0.15, 0.2) is 30.9 Å². The summed E-state index contributed by atoms with van der Waals surface area (Å²) in [5, 5.41) is 24.0. The van der Waals surface area contributed by atoms with Crippen LogP contribution in [0.2, 0.25) is 5.02 Å². The molecule has 106 valence electrons. The van der Waals surface area contributed by atoms with E-state index in [2.05, 4.69) is 11.6 Å². The molecule has 1 fully saturated rings. The molecule has 1 saturated heterocycles. The normalized spacial score (nSPS) is 27.2. The standard InChI is InChI=1S/C13H14ClN3O2S/c1-2-5-16-7-12(18)17(19,8-16)13-15-10-4-3-9(14)6-11(10)20-13/h2-4,6,12,18H,1,5,7-8H2. The molecule has 1 aliphatic heterocycles. The van der Waals surface area contributed by atoms with Gasteiger partial charge in [-0.1, -0.05) is 29.0 Å². The van der Waals surface area contributed by atoms with Gasteiger partial charge >= 0.3 is 0 Å². The molecule has 2 atom stereocenters. The third-order valence-electron chi connectivity index (χ3n) is 3.36. The monoisotopic (exact) mass is 311 g/mol. The molecule has 0 amide bonds. The number of halogens is 1. The SMILES string of the molecule is C=CCN1CC(O)[N+]([O-])(c2nc3ccc(Cl)cc3s2)C1. The van der Waals surface area contributed by atoms with Crippen molar-refractivity contribution in [2.75, 3.05) is 19.8 Å². The van der Waals surface area contributed by atoms with Crippen LogP contribution in [0.3, 0.4) is 0 Å². The fraction of sp³-hybridized carbons (Fsp3) is 0.308. The van der Waals surface area contributed by atoms with Crippen molar-refractivity contribution in [2.24, 2.45) is 0 Å². The number of hydrogen-bond acceptors (Lipinski definition) is 5. The van der Waals surface area contributed by atoms with Crippen LogP contribution in [0.1, 0.15) is 0 Å². The number of quaternary nitrogens is 1. The van der Waals surface area contributed by atoms with E-state index in [1.165, 1.54) is 11.3 Å². The molecule has 2 aromatic rings. The lowest BCUT2D eigenvalue weighted by molar-refractivity contribution is 0.0848. The van der Waals surface area contributed by atoms with Gasteiger partial charge in [0.15, 0.2) is 0 Å². The van der Waals surface area contributed by atoms with Crippen molar-refractivity contribution in [1.82, 2.24) is 14.5 Å². The molecule has 20 heavy (non-hydrogen) atoms. The lowest BCUT2D eigenvalue weighted by atomic mass is 10.3. The first-order valence-electron chi connectivity index (χ1n) is 6.19. The van der Waals surface area contributed by atoms with Gasteiger partial charge in [-0.3, -0.25) is 4.65 Å². The molecule has 1 N–H and O–H groups in total. The maximum absolute atomic E-state index is 12.9. The molecule has 1 aromatic heterocycles. The van der Waals surface area contributed by atoms with Gasteiger partial charge in [0.1, 0.15) is 6.67 Å². The third-order valence-corrected chi connectivity index (χ3v) is 4.73. The van der Waals surface area contributed by atoms with Crippen LogP contribution in [0.5, 0.6) is 0 Å². The quantitative estimate of drug-likeness (QED) is 0.537. The lowest BCUT2D eigenvalue weighted by Gasteiger charge is -2.37. The molecule has 3 rings (SSSR count). The molecule has 7 heteroatoms. The average molecular weight is 312 g/mol. The maximum atomic E-state index is 12.9. The molecule has 1 aromatic carbocycles. The van der Waals surface area contributed by atoms with E-state index in [0.717, 1.165) is 10.2 Å².